The predicted molar refractivity (Wildman–Crippen MR) is 128 cm³/mol. The van der Waals surface area contributed by atoms with E-state index in [1.54, 1.807) is 19.2 Å². The van der Waals surface area contributed by atoms with Gasteiger partial charge in [0, 0.05) is 29.9 Å². The Hall–Kier alpha value is -3.80. The second-order valence-corrected chi connectivity index (χ2v) is 7.64. The Morgan fingerprint density at radius 1 is 1.03 bits per heavy atom. The number of hydrogen-bond acceptors (Lipinski definition) is 5. The summed E-state index contributed by atoms with van der Waals surface area (Å²) in [6.45, 7) is 8.98. The van der Waals surface area contributed by atoms with Gasteiger partial charge in [0.15, 0.2) is 11.5 Å². The van der Waals surface area contributed by atoms with E-state index in [9.17, 15) is 10.1 Å². The summed E-state index contributed by atoms with van der Waals surface area (Å²) in [5.41, 5.74) is 6.51. The van der Waals surface area contributed by atoms with E-state index in [4.69, 9.17) is 9.47 Å². The molecule has 0 fully saturated rings. The van der Waals surface area contributed by atoms with Crippen LogP contribution in [0, 0.1) is 24.0 Å². The van der Waals surface area contributed by atoms with Crippen molar-refractivity contribution in [2.75, 3.05) is 12.4 Å². The van der Waals surface area contributed by atoms with Crippen molar-refractivity contribution in [1.29, 1.82) is 0 Å². The first kappa shape index (κ1) is 22.9. The van der Waals surface area contributed by atoms with Crippen molar-refractivity contribution in [2.24, 2.45) is 0 Å². The van der Waals surface area contributed by atoms with Crippen LogP contribution in [0.5, 0.6) is 11.5 Å². The summed E-state index contributed by atoms with van der Waals surface area (Å²) in [5, 5.41) is 14.3. The van der Waals surface area contributed by atoms with Gasteiger partial charge in [0.25, 0.3) is 5.69 Å². The number of hydrogen-bond donors (Lipinski definition) is 1. The van der Waals surface area contributed by atoms with Crippen molar-refractivity contribution < 1.29 is 14.4 Å². The fraction of sp³-hybridized carbons (Fsp3) is 0.231. The SMILES string of the molecule is C=CCc1cc(CNc2ccc(C)c(C)c2)cc(OC)c1OCc1ccc([N+](=O)[O-])cc1. The molecule has 0 atom stereocenters. The van der Waals surface area contributed by atoms with Crippen LogP contribution in [-0.2, 0) is 19.6 Å². The van der Waals surface area contributed by atoms with Gasteiger partial charge < -0.3 is 14.8 Å². The molecule has 1 N–H and O–H groups in total. The fourth-order valence-corrected chi connectivity index (χ4v) is 3.37. The number of nitro groups is 1. The number of anilines is 1. The highest BCUT2D eigenvalue weighted by atomic mass is 16.6. The maximum Gasteiger partial charge on any atom is 0.269 e. The first-order valence-corrected chi connectivity index (χ1v) is 10.4. The maximum atomic E-state index is 10.8. The van der Waals surface area contributed by atoms with Crippen molar-refractivity contribution in [3.8, 4) is 11.5 Å². The summed E-state index contributed by atoms with van der Waals surface area (Å²) in [6, 6.07) is 16.7. The average Bonchev–Trinajstić information content (AvgIpc) is 2.79. The summed E-state index contributed by atoms with van der Waals surface area (Å²) in [4.78, 5) is 10.4. The van der Waals surface area contributed by atoms with Crippen LogP contribution in [0.1, 0.15) is 27.8 Å². The van der Waals surface area contributed by atoms with E-state index >= 15 is 0 Å². The lowest BCUT2D eigenvalue weighted by Gasteiger charge is -2.17. The Balaban J connectivity index is 1.78. The monoisotopic (exact) mass is 432 g/mol. The molecule has 3 aromatic rings. The molecule has 6 heteroatoms. The van der Waals surface area contributed by atoms with Crippen LogP contribution in [0.15, 0.2) is 67.3 Å². The van der Waals surface area contributed by atoms with Crippen molar-refractivity contribution in [3.63, 3.8) is 0 Å². The minimum atomic E-state index is -0.416. The van der Waals surface area contributed by atoms with E-state index < -0.39 is 4.92 Å². The second kappa shape index (κ2) is 10.5. The van der Waals surface area contributed by atoms with E-state index in [1.807, 2.05) is 12.1 Å². The summed E-state index contributed by atoms with van der Waals surface area (Å²) in [5.74, 6) is 1.30. The van der Waals surface area contributed by atoms with Crippen LogP contribution in [-0.4, -0.2) is 12.0 Å². The normalized spacial score (nSPS) is 10.5. The first-order valence-electron chi connectivity index (χ1n) is 10.4. The Labute approximate surface area is 188 Å². The van der Waals surface area contributed by atoms with E-state index in [0.717, 1.165) is 22.4 Å². The van der Waals surface area contributed by atoms with Gasteiger partial charge in [0.1, 0.15) is 6.61 Å². The molecule has 0 unspecified atom stereocenters. The maximum absolute atomic E-state index is 10.8. The highest BCUT2D eigenvalue weighted by molar-refractivity contribution is 5.53. The molecule has 3 rings (SSSR count). The van der Waals surface area contributed by atoms with Crippen molar-refractivity contribution in [1.82, 2.24) is 0 Å². The number of ether oxygens (including phenoxy) is 2. The van der Waals surface area contributed by atoms with Crippen LogP contribution in [0.2, 0.25) is 0 Å². The summed E-state index contributed by atoms with van der Waals surface area (Å²) in [7, 11) is 1.62. The largest absolute Gasteiger partial charge is 0.493 e. The third-order valence-corrected chi connectivity index (χ3v) is 5.31. The molecule has 0 amide bonds. The van der Waals surface area contributed by atoms with Gasteiger partial charge in [0.2, 0.25) is 0 Å². The Morgan fingerprint density at radius 2 is 1.78 bits per heavy atom. The highest BCUT2D eigenvalue weighted by Crippen LogP contribution is 2.34. The van der Waals surface area contributed by atoms with Crippen molar-refractivity contribution >= 4 is 11.4 Å². The van der Waals surface area contributed by atoms with E-state index in [0.29, 0.717) is 24.5 Å². The molecule has 0 saturated carbocycles. The van der Waals surface area contributed by atoms with Gasteiger partial charge in [-0.15, -0.1) is 6.58 Å². The molecule has 0 aliphatic heterocycles. The average molecular weight is 433 g/mol. The van der Waals surface area contributed by atoms with Crippen molar-refractivity contribution in [3.05, 3.63) is 105 Å². The number of nitrogens with one attached hydrogen (secondary N) is 1. The third-order valence-electron chi connectivity index (χ3n) is 5.31. The summed E-state index contributed by atoms with van der Waals surface area (Å²) < 4.78 is 11.7. The lowest BCUT2D eigenvalue weighted by atomic mass is 10.0. The second-order valence-electron chi connectivity index (χ2n) is 7.64. The quantitative estimate of drug-likeness (QED) is 0.237. The predicted octanol–water partition coefficient (Wildman–Crippen LogP) is 6.14. The van der Waals surface area contributed by atoms with Crippen LogP contribution >= 0.6 is 0 Å². The number of rotatable bonds is 10. The van der Waals surface area contributed by atoms with Gasteiger partial charge in [-0.2, -0.15) is 0 Å². The standard InChI is InChI=1S/C26H28N2O4/c1-5-6-22-14-21(16-27-23-10-7-18(2)19(3)13-23)15-25(31-4)26(22)32-17-20-8-11-24(12-9-20)28(29)30/h5,7-15,27H,1,6,16-17H2,2-4H3. The zero-order valence-electron chi connectivity index (χ0n) is 18.7. The molecule has 0 saturated heterocycles. The van der Waals surface area contributed by atoms with Crippen LogP contribution in [0.25, 0.3) is 0 Å². The van der Waals surface area contributed by atoms with Crippen molar-refractivity contribution in [2.45, 2.75) is 33.4 Å². The topological polar surface area (TPSA) is 73.6 Å². The molecule has 0 aromatic heterocycles. The third kappa shape index (κ3) is 5.66. The lowest BCUT2D eigenvalue weighted by Crippen LogP contribution is -2.05. The number of aryl methyl sites for hydroxylation is 2. The van der Waals surface area contributed by atoms with Gasteiger partial charge in [-0.05, 0) is 78.9 Å². The first-order chi connectivity index (χ1) is 15.4. The Kier molecular flexibility index (Phi) is 7.49. The van der Waals surface area contributed by atoms with Crippen LogP contribution < -0.4 is 14.8 Å². The molecule has 3 aromatic carbocycles. The molecule has 0 aliphatic carbocycles. The highest BCUT2D eigenvalue weighted by Gasteiger charge is 2.14. The Morgan fingerprint density at radius 3 is 2.41 bits per heavy atom. The lowest BCUT2D eigenvalue weighted by molar-refractivity contribution is -0.384. The molecule has 0 spiro atoms. The number of allylic oxidation sites excluding steroid dienone is 1. The fourth-order valence-electron chi connectivity index (χ4n) is 3.37. The molecule has 0 heterocycles. The van der Waals surface area contributed by atoms with E-state index in [1.165, 1.54) is 23.3 Å². The van der Waals surface area contributed by atoms with Crippen LogP contribution in [0.3, 0.4) is 0 Å². The summed E-state index contributed by atoms with van der Waals surface area (Å²) >= 11 is 0. The molecule has 0 aliphatic rings. The minimum Gasteiger partial charge on any atom is -0.493 e. The van der Waals surface area contributed by atoms with Gasteiger partial charge >= 0.3 is 0 Å². The molecular weight excluding hydrogens is 404 g/mol. The molecule has 166 valence electrons. The number of nitrogens with zero attached hydrogens (tertiary/aromatic N) is 1. The number of non-ortho nitro benzene ring substituents is 1. The van der Waals surface area contributed by atoms with Gasteiger partial charge in [-0.1, -0.05) is 12.1 Å². The van der Waals surface area contributed by atoms with Gasteiger partial charge in [-0.25, -0.2) is 0 Å². The van der Waals surface area contributed by atoms with E-state index in [-0.39, 0.29) is 12.3 Å². The zero-order chi connectivity index (χ0) is 23.1. The molecule has 0 radical (unpaired) electrons. The van der Waals surface area contributed by atoms with Gasteiger partial charge in [0.05, 0.1) is 12.0 Å². The molecule has 0 bridgehead atoms. The molecule has 6 nitrogen and oxygen atoms in total. The number of nitro benzene ring substituents is 1. The van der Waals surface area contributed by atoms with E-state index in [2.05, 4.69) is 50.0 Å². The zero-order valence-corrected chi connectivity index (χ0v) is 18.7. The molecular formula is C26H28N2O4. The number of benzene rings is 3. The molecule has 32 heavy (non-hydrogen) atoms. The van der Waals surface area contributed by atoms with Gasteiger partial charge in [-0.3, -0.25) is 10.1 Å². The summed E-state index contributed by atoms with van der Waals surface area (Å²) in [6.07, 6.45) is 2.46. The Bertz CT molecular complexity index is 1110. The van der Waals surface area contributed by atoms with Crippen LogP contribution in [0.4, 0.5) is 11.4 Å². The number of methoxy groups -OCH3 is 1. The smallest absolute Gasteiger partial charge is 0.269 e. The minimum absolute atomic E-state index is 0.0549.